The maximum atomic E-state index is 14.8. The standard InChI is InChI=1S/C21H14F2N2O4S/c1-30(28,29)19-6-5-12(11-24)8-14(19)16-10-18(27)20-17(25-16)9-15(22)13(21(20)23)4-2-3-7-26/h5-6,8-10,26H,3,7H2,1H3,(H,25,27). The van der Waals surface area contributed by atoms with E-state index < -0.39 is 37.9 Å². The number of rotatable bonds is 3. The zero-order valence-corrected chi connectivity index (χ0v) is 16.4. The van der Waals surface area contributed by atoms with Gasteiger partial charge in [-0.2, -0.15) is 5.26 Å². The highest BCUT2D eigenvalue weighted by molar-refractivity contribution is 7.90. The topological polar surface area (TPSA) is 111 Å². The van der Waals surface area contributed by atoms with Crippen molar-refractivity contribution in [3.63, 3.8) is 0 Å². The number of aromatic nitrogens is 1. The molecule has 1 aromatic heterocycles. The third-order valence-corrected chi connectivity index (χ3v) is 5.41. The molecule has 152 valence electrons. The van der Waals surface area contributed by atoms with Crippen LogP contribution >= 0.6 is 0 Å². The minimum Gasteiger partial charge on any atom is -0.395 e. The van der Waals surface area contributed by atoms with Crippen molar-refractivity contribution < 1.29 is 22.3 Å². The lowest BCUT2D eigenvalue weighted by molar-refractivity contribution is 0.305. The second-order valence-electron chi connectivity index (χ2n) is 6.39. The molecular weight excluding hydrogens is 414 g/mol. The van der Waals surface area contributed by atoms with Gasteiger partial charge in [0.25, 0.3) is 0 Å². The summed E-state index contributed by atoms with van der Waals surface area (Å²) in [5, 5.41) is 17.4. The van der Waals surface area contributed by atoms with Gasteiger partial charge < -0.3 is 10.1 Å². The molecule has 3 aromatic rings. The minimum absolute atomic E-state index is 0.00964. The summed E-state index contributed by atoms with van der Waals surface area (Å²) in [7, 11) is -3.73. The first-order chi connectivity index (χ1) is 14.2. The van der Waals surface area contributed by atoms with Gasteiger partial charge in [-0.05, 0) is 24.3 Å². The maximum Gasteiger partial charge on any atom is 0.193 e. The van der Waals surface area contributed by atoms with Gasteiger partial charge in [-0.15, -0.1) is 0 Å². The summed E-state index contributed by atoms with van der Waals surface area (Å²) in [5.74, 6) is 2.49. The Morgan fingerprint density at radius 3 is 2.57 bits per heavy atom. The van der Waals surface area contributed by atoms with Crippen molar-refractivity contribution in [3.8, 4) is 29.2 Å². The molecule has 0 aliphatic heterocycles. The molecule has 2 N–H and O–H groups in total. The van der Waals surface area contributed by atoms with E-state index >= 15 is 0 Å². The van der Waals surface area contributed by atoms with E-state index in [-0.39, 0.29) is 40.3 Å². The first-order valence-corrected chi connectivity index (χ1v) is 10.5. The van der Waals surface area contributed by atoms with E-state index in [4.69, 9.17) is 10.4 Å². The summed E-state index contributed by atoms with van der Waals surface area (Å²) < 4.78 is 53.4. The number of halogens is 2. The number of nitrogens with zero attached hydrogens (tertiary/aromatic N) is 1. The number of H-pyrrole nitrogens is 1. The van der Waals surface area contributed by atoms with Gasteiger partial charge >= 0.3 is 0 Å². The van der Waals surface area contributed by atoms with Gasteiger partial charge in [-0.25, -0.2) is 17.2 Å². The van der Waals surface area contributed by atoms with Crippen molar-refractivity contribution in [1.29, 1.82) is 5.26 Å². The highest BCUT2D eigenvalue weighted by Gasteiger charge is 2.20. The molecule has 3 rings (SSSR count). The van der Waals surface area contributed by atoms with Crippen LogP contribution < -0.4 is 5.43 Å². The average Bonchev–Trinajstić information content (AvgIpc) is 2.68. The normalized spacial score (nSPS) is 11.0. The van der Waals surface area contributed by atoms with Gasteiger partial charge in [0.15, 0.2) is 21.1 Å². The van der Waals surface area contributed by atoms with E-state index in [2.05, 4.69) is 16.8 Å². The zero-order chi connectivity index (χ0) is 22.1. The van der Waals surface area contributed by atoms with E-state index in [0.717, 1.165) is 18.4 Å². The van der Waals surface area contributed by atoms with Crippen LogP contribution in [0.4, 0.5) is 8.78 Å². The predicted molar refractivity (Wildman–Crippen MR) is 106 cm³/mol. The molecule has 0 amide bonds. The van der Waals surface area contributed by atoms with Crippen LogP contribution in [0.1, 0.15) is 17.5 Å². The number of aliphatic hydroxyl groups excluding tert-OH is 1. The van der Waals surface area contributed by atoms with Gasteiger partial charge in [-0.3, -0.25) is 4.79 Å². The summed E-state index contributed by atoms with van der Waals surface area (Å²) in [5.41, 5.74) is -1.45. The Bertz CT molecular complexity index is 1440. The number of hydrogen-bond donors (Lipinski definition) is 2. The number of aromatic amines is 1. The Morgan fingerprint density at radius 2 is 1.93 bits per heavy atom. The molecule has 0 unspecified atom stereocenters. The molecule has 0 aliphatic carbocycles. The summed E-state index contributed by atoms with van der Waals surface area (Å²) >= 11 is 0. The van der Waals surface area contributed by atoms with Crippen LogP contribution in [0.25, 0.3) is 22.2 Å². The summed E-state index contributed by atoms with van der Waals surface area (Å²) in [6.07, 6.45) is 0.976. The molecule has 2 aromatic carbocycles. The molecule has 0 radical (unpaired) electrons. The molecule has 30 heavy (non-hydrogen) atoms. The molecule has 1 heterocycles. The number of pyridine rings is 1. The van der Waals surface area contributed by atoms with E-state index in [9.17, 15) is 22.0 Å². The highest BCUT2D eigenvalue weighted by atomic mass is 32.2. The monoisotopic (exact) mass is 428 g/mol. The van der Waals surface area contributed by atoms with E-state index in [1.807, 2.05) is 6.07 Å². The molecule has 6 nitrogen and oxygen atoms in total. The number of benzene rings is 2. The number of sulfone groups is 1. The third kappa shape index (κ3) is 3.94. The maximum absolute atomic E-state index is 14.8. The molecule has 0 saturated carbocycles. The lowest BCUT2D eigenvalue weighted by Gasteiger charge is -2.11. The Morgan fingerprint density at radius 1 is 1.20 bits per heavy atom. The van der Waals surface area contributed by atoms with Gasteiger partial charge in [0, 0.05) is 24.3 Å². The van der Waals surface area contributed by atoms with Crippen LogP contribution in [0.2, 0.25) is 0 Å². The van der Waals surface area contributed by atoms with Crippen molar-refractivity contribution in [1.82, 2.24) is 4.98 Å². The zero-order valence-electron chi connectivity index (χ0n) is 15.6. The molecule has 0 aliphatic rings. The molecule has 0 spiro atoms. The quantitative estimate of drug-likeness (QED) is 0.623. The van der Waals surface area contributed by atoms with Crippen LogP contribution in [0.15, 0.2) is 40.0 Å². The third-order valence-electron chi connectivity index (χ3n) is 4.26. The number of nitrogens with one attached hydrogen (secondary N) is 1. The van der Waals surface area contributed by atoms with Crippen molar-refractivity contribution in [3.05, 3.63) is 63.3 Å². The van der Waals surface area contributed by atoms with Crippen LogP contribution in [-0.4, -0.2) is 31.4 Å². The summed E-state index contributed by atoms with van der Waals surface area (Å²) in [4.78, 5) is 15.2. The van der Waals surface area contributed by atoms with Crippen LogP contribution in [0, 0.1) is 34.8 Å². The highest BCUT2D eigenvalue weighted by Crippen LogP contribution is 2.29. The van der Waals surface area contributed by atoms with Crippen molar-refractivity contribution >= 4 is 20.7 Å². The van der Waals surface area contributed by atoms with Crippen molar-refractivity contribution in [2.24, 2.45) is 0 Å². The van der Waals surface area contributed by atoms with E-state index in [0.29, 0.717) is 0 Å². The first kappa shape index (κ1) is 21.2. The van der Waals surface area contributed by atoms with Gasteiger partial charge in [0.05, 0.1) is 45.3 Å². The average molecular weight is 428 g/mol. The number of fused-ring (bicyclic) bond motifs is 1. The second kappa shape index (κ2) is 8.07. The SMILES string of the molecule is CS(=O)(=O)c1ccc(C#N)cc1-c1cc(=O)c2c(F)c(C#CCCO)c(F)cc2[nH]1. The summed E-state index contributed by atoms with van der Waals surface area (Å²) in [6.45, 7) is -0.280. The Labute approximate surface area is 170 Å². The van der Waals surface area contributed by atoms with Crippen molar-refractivity contribution in [2.45, 2.75) is 11.3 Å². The fourth-order valence-electron chi connectivity index (χ4n) is 2.94. The van der Waals surface area contributed by atoms with E-state index in [1.54, 1.807) is 0 Å². The van der Waals surface area contributed by atoms with E-state index in [1.165, 1.54) is 18.2 Å². The molecule has 0 atom stereocenters. The van der Waals surface area contributed by atoms with Gasteiger partial charge in [-0.1, -0.05) is 11.8 Å². The largest absolute Gasteiger partial charge is 0.395 e. The molecule has 0 saturated heterocycles. The lowest BCUT2D eigenvalue weighted by Crippen LogP contribution is -2.09. The number of aliphatic hydroxyl groups is 1. The second-order valence-corrected chi connectivity index (χ2v) is 8.37. The summed E-state index contributed by atoms with van der Waals surface area (Å²) in [6, 6.07) is 7.57. The van der Waals surface area contributed by atoms with Crippen LogP contribution in [0.3, 0.4) is 0 Å². The van der Waals surface area contributed by atoms with Gasteiger partial charge in [0.2, 0.25) is 0 Å². The Hall–Kier alpha value is -3.53. The van der Waals surface area contributed by atoms with Crippen LogP contribution in [0.5, 0.6) is 0 Å². The Kier molecular flexibility index (Phi) is 5.70. The lowest BCUT2D eigenvalue weighted by atomic mass is 10.0. The predicted octanol–water partition coefficient (Wildman–Crippen LogP) is 2.48. The molecular formula is C21H14F2N2O4S. The fraction of sp³-hybridized carbons (Fsp3) is 0.143. The molecule has 0 bridgehead atoms. The Balaban J connectivity index is 2.33. The molecule has 0 fully saturated rings. The fourth-order valence-corrected chi connectivity index (χ4v) is 3.83. The minimum atomic E-state index is -3.73. The number of nitriles is 1. The van der Waals surface area contributed by atoms with Crippen molar-refractivity contribution in [2.75, 3.05) is 12.9 Å². The molecule has 9 heteroatoms. The first-order valence-electron chi connectivity index (χ1n) is 8.56. The van der Waals surface area contributed by atoms with Crippen LogP contribution in [-0.2, 0) is 9.84 Å². The van der Waals surface area contributed by atoms with Gasteiger partial charge in [0.1, 0.15) is 5.82 Å². The number of hydrogen-bond acceptors (Lipinski definition) is 5. The smallest absolute Gasteiger partial charge is 0.193 e.